The SMILES string of the molecule is CC(C)C[C@H](NC(=O)c1cc2ccccc2s1)C(=O)N[C@@H](C[C@@H]1CCNC1=O)C(=O)C(=O)NC1CCCCC1. The first-order chi connectivity index (χ1) is 18.7. The summed E-state index contributed by atoms with van der Waals surface area (Å²) in [5, 5.41) is 12.1. The quantitative estimate of drug-likeness (QED) is 0.317. The van der Waals surface area contributed by atoms with E-state index in [0.29, 0.717) is 24.3 Å². The number of rotatable bonds is 11. The molecule has 1 saturated heterocycles. The maximum absolute atomic E-state index is 13.5. The third kappa shape index (κ3) is 7.65. The van der Waals surface area contributed by atoms with Crippen molar-refractivity contribution < 1.29 is 24.0 Å². The molecule has 1 saturated carbocycles. The molecule has 1 aromatic carbocycles. The topological polar surface area (TPSA) is 133 Å². The van der Waals surface area contributed by atoms with Crippen LogP contribution in [0.15, 0.2) is 30.3 Å². The molecule has 9 nitrogen and oxygen atoms in total. The predicted octanol–water partition coefficient (Wildman–Crippen LogP) is 3.07. The lowest BCUT2D eigenvalue weighted by Crippen LogP contribution is -2.55. The lowest BCUT2D eigenvalue weighted by Gasteiger charge is -2.26. The molecule has 39 heavy (non-hydrogen) atoms. The summed E-state index contributed by atoms with van der Waals surface area (Å²) >= 11 is 1.34. The van der Waals surface area contributed by atoms with Crippen LogP contribution in [0, 0.1) is 11.8 Å². The highest BCUT2D eigenvalue weighted by Crippen LogP contribution is 2.25. The summed E-state index contributed by atoms with van der Waals surface area (Å²) in [6.45, 7) is 4.37. The van der Waals surface area contributed by atoms with Crippen LogP contribution in [-0.2, 0) is 19.2 Å². The number of benzene rings is 1. The van der Waals surface area contributed by atoms with Crippen LogP contribution in [-0.4, -0.2) is 54.1 Å². The number of ketones is 1. The van der Waals surface area contributed by atoms with E-state index in [1.807, 2.05) is 38.1 Å². The van der Waals surface area contributed by atoms with Crippen LogP contribution in [0.25, 0.3) is 10.1 Å². The fourth-order valence-electron chi connectivity index (χ4n) is 5.35. The summed E-state index contributed by atoms with van der Waals surface area (Å²) in [5.74, 6) is -2.99. The number of amides is 4. The highest BCUT2D eigenvalue weighted by atomic mass is 32.1. The minimum Gasteiger partial charge on any atom is -0.356 e. The number of carbonyl (C=O) groups excluding carboxylic acids is 5. The van der Waals surface area contributed by atoms with Gasteiger partial charge in [0.1, 0.15) is 6.04 Å². The lowest BCUT2D eigenvalue weighted by molar-refractivity contribution is -0.141. The largest absolute Gasteiger partial charge is 0.356 e. The Balaban J connectivity index is 1.48. The summed E-state index contributed by atoms with van der Waals surface area (Å²) < 4.78 is 0.969. The van der Waals surface area contributed by atoms with E-state index < -0.39 is 35.6 Å². The average Bonchev–Trinajstić information content (AvgIpc) is 3.53. The molecule has 2 heterocycles. The molecule has 4 amide bonds. The Bertz CT molecular complexity index is 1190. The molecule has 2 aliphatic rings. The average molecular weight is 555 g/mol. The molecule has 0 radical (unpaired) electrons. The second-order valence-electron chi connectivity index (χ2n) is 11.1. The maximum atomic E-state index is 13.5. The predicted molar refractivity (Wildman–Crippen MR) is 150 cm³/mol. The second kappa shape index (κ2) is 13.2. The Kier molecular flexibility index (Phi) is 9.72. The minimum atomic E-state index is -1.16. The van der Waals surface area contributed by atoms with Gasteiger partial charge in [-0.3, -0.25) is 24.0 Å². The van der Waals surface area contributed by atoms with Crippen LogP contribution < -0.4 is 21.3 Å². The van der Waals surface area contributed by atoms with Gasteiger partial charge in [0, 0.05) is 23.2 Å². The van der Waals surface area contributed by atoms with Gasteiger partial charge in [0.25, 0.3) is 11.8 Å². The molecule has 4 N–H and O–H groups in total. The fraction of sp³-hybridized carbons (Fsp3) is 0.552. The number of fused-ring (bicyclic) bond motifs is 1. The van der Waals surface area contributed by atoms with E-state index in [2.05, 4.69) is 21.3 Å². The fourth-order valence-corrected chi connectivity index (χ4v) is 6.31. The van der Waals surface area contributed by atoms with Gasteiger partial charge in [-0.1, -0.05) is 51.3 Å². The summed E-state index contributed by atoms with van der Waals surface area (Å²) in [7, 11) is 0. The van der Waals surface area contributed by atoms with Crippen molar-refractivity contribution in [2.75, 3.05) is 6.54 Å². The van der Waals surface area contributed by atoms with E-state index in [-0.39, 0.29) is 30.2 Å². The molecule has 1 aliphatic carbocycles. The Morgan fingerprint density at radius 2 is 1.74 bits per heavy atom. The van der Waals surface area contributed by atoms with Crippen LogP contribution in [0.1, 0.15) is 74.9 Å². The highest BCUT2D eigenvalue weighted by Gasteiger charge is 2.36. The lowest BCUT2D eigenvalue weighted by atomic mass is 9.93. The second-order valence-corrected chi connectivity index (χ2v) is 12.1. The van der Waals surface area contributed by atoms with Gasteiger partial charge in [0.15, 0.2) is 0 Å². The van der Waals surface area contributed by atoms with Gasteiger partial charge in [0.05, 0.1) is 10.9 Å². The van der Waals surface area contributed by atoms with Crippen LogP contribution >= 0.6 is 11.3 Å². The number of hydrogen-bond acceptors (Lipinski definition) is 6. The third-order valence-electron chi connectivity index (χ3n) is 7.46. The van der Waals surface area contributed by atoms with Gasteiger partial charge in [-0.2, -0.15) is 0 Å². The summed E-state index contributed by atoms with van der Waals surface area (Å²) in [6.07, 6.45) is 5.66. The highest BCUT2D eigenvalue weighted by molar-refractivity contribution is 7.20. The first-order valence-corrected chi connectivity index (χ1v) is 14.7. The van der Waals surface area contributed by atoms with Crippen LogP contribution in [0.4, 0.5) is 0 Å². The van der Waals surface area contributed by atoms with E-state index >= 15 is 0 Å². The van der Waals surface area contributed by atoms with Crippen LogP contribution in [0.5, 0.6) is 0 Å². The molecule has 0 spiro atoms. The van der Waals surface area contributed by atoms with Crippen molar-refractivity contribution in [2.45, 2.75) is 83.3 Å². The van der Waals surface area contributed by atoms with E-state index in [1.54, 1.807) is 6.07 Å². The monoisotopic (exact) mass is 554 g/mol. The number of nitrogens with one attached hydrogen (secondary N) is 4. The Labute approximate surface area is 232 Å². The molecule has 2 aromatic rings. The standard InChI is InChI=1S/C29H38N4O5S/c1-17(2)14-22(33-28(37)24-16-18-8-6-7-11-23(18)39-24)27(36)32-21(15-19-12-13-30-26(19)35)25(34)29(38)31-20-9-4-3-5-10-20/h6-8,11,16-17,19-22H,3-5,9-10,12-15H2,1-2H3,(H,30,35)(H,31,38)(H,32,36)(H,33,37)/t19-,21-,22-/m0/s1. The molecule has 0 unspecified atom stereocenters. The minimum absolute atomic E-state index is 0.0349. The van der Waals surface area contributed by atoms with Gasteiger partial charge in [-0.05, 0) is 55.5 Å². The molecule has 10 heteroatoms. The maximum Gasteiger partial charge on any atom is 0.289 e. The van der Waals surface area contributed by atoms with Crippen LogP contribution in [0.3, 0.4) is 0 Å². The Morgan fingerprint density at radius 1 is 1.00 bits per heavy atom. The van der Waals surface area contributed by atoms with Crippen molar-refractivity contribution in [2.24, 2.45) is 11.8 Å². The first-order valence-electron chi connectivity index (χ1n) is 13.9. The van der Waals surface area contributed by atoms with Crippen molar-refractivity contribution in [1.29, 1.82) is 0 Å². The molecule has 4 rings (SSSR count). The number of carbonyl (C=O) groups is 5. The summed E-state index contributed by atoms with van der Waals surface area (Å²) in [6, 6.07) is 7.33. The molecule has 210 valence electrons. The first kappa shape index (κ1) is 28.7. The molecular formula is C29H38N4O5S. The molecule has 1 aromatic heterocycles. The number of Topliss-reactive ketones (excluding diaryl/α,β-unsaturated/α-hetero) is 1. The van der Waals surface area contributed by atoms with Crippen molar-refractivity contribution in [1.82, 2.24) is 21.3 Å². The van der Waals surface area contributed by atoms with Crippen LogP contribution in [0.2, 0.25) is 0 Å². The summed E-state index contributed by atoms with van der Waals surface area (Å²) in [4.78, 5) is 65.6. The van der Waals surface area contributed by atoms with E-state index in [9.17, 15) is 24.0 Å². The molecule has 2 fully saturated rings. The van der Waals surface area contributed by atoms with Crippen molar-refractivity contribution in [3.05, 3.63) is 35.2 Å². The van der Waals surface area contributed by atoms with Gasteiger partial charge in [-0.25, -0.2) is 0 Å². The van der Waals surface area contributed by atoms with E-state index in [0.717, 1.165) is 42.2 Å². The molecule has 1 aliphatic heterocycles. The smallest absolute Gasteiger partial charge is 0.289 e. The van der Waals surface area contributed by atoms with Gasteiger partial charge >= 0.3 is 0 Å². The zero-order chi connectivity index (χ0) is 27.9. The molecule has 0 bridgehead atoms. The van der Waals surface area contributed by atoms with Crippen molar-refractivity contribution in [3.63, 3.8) is 0 Å². The third-order valence-corrected chi connectivity index (χ3v) is 8.57. The van der Waals surface area contributed by atoms with Crippen molar-refractivity contribution >= 4 is 50.8 Å². The molecule has 3 atom stereocenters. The van der Waals surface area contributed by atoms with E-state index in [1.165, 1.54) is 11.3 Å². The molecular weight excluding hydrogens is 516 g/mol. The van der Waals surface area contributed by atoms with Gasteiger partial charge in [-0.15, -0.1) is 11.3 Å². The van der Waals surface area contributed by atoms with Crippen molar-refractivity contribution in [3.8, 4) is 0 Å². The number of hydrogen-bond donors (Lipinski definition) is 4. The summed E-state index contributed by atoms with van der Waals surface area (Å²) in [5.41, 5.74) is 0. The zero-order valence-corrected chi connectivity index (χ0v) is 23.4. The van der Waals surface area contributed by atoms with E-state index in [4.69, 9.17) is 0 Å². The Hall–Kier alpha value is -3.27. The Morgan fingerprint density at radius 3 is 2.41 bits per heavy atom. The van der Waals surface area contributed by atoms with Gasteiger partial charge < -0.3 is 21.3 Å². The van der Waals surface area contributed by atoms with Gasteiger partial charge in [0.2, 0.25) is 17.6 Å². The number of thiophene rings is 1. The normalized spacial score (nSPS) is 19.4. The zero-order valence-electron chi connectivity index (χ0n) is 22.6.